The molecule has 0 aromatic rings. The van der Waals surface area contributed by atoms with E-state index in [-0.39, 0.29) is 0 Å². The summed E-state index contributed by atoms with van der Waals surface area (Å²) in [5.74, 6) is 4.29. The lowest BCUT2D eigenvalue weighted by Gasteiger charge is -2.23. The van der Waals surface area contributed by atoms with Crippen LogP contribution in [0.25, 0.3) is 0 Å². The Morgan fingerprint density at radius 2 is 2.30 bits per heavy atom. The number of rotatable bonds is 3. The lowest BCUT2D eigenvalue weighted by atomic mass is 10.0. The van der Waals surface area contributed by atoms with Crippen LogP contribution in [0.15, 0.2) is 0 Å². The average Bonchev–Trinajstić information content (AvgIpc) is 2.01. The van der Waals surface area contributed by atoms with Crippen molar-refractivity contribution in [2.24, 2.45) is 5.90 Å². The first-order valence-electron chi connectivity index (χ1n) is 3.20. The molecule has 0 aliphatic carbocycles. The molecule has 10 heavy (non-hydrogen) atoms. The van der Waals surface area contributed by atoms with Crippen molar-refractivity contribution in [1.82, 2.24) is 5.32 Å². The van der Waals surface area contributed by atoms with E-state index in [2.05, 4.69) is 10.2 Å². The molecule has 60 valence electrons. The van der Waals surface area contributed by atoms with Gasteiger partial charge in [-0.15, -0.1) is 0 Å². The lowest BCUT2D eigenvalue weighted by Crippen LogP contribution is -2.48. The first-order chi connectivity index (χ1) is 4.60. The van der Waals surface area contributed by atoms with Gasteiger partial charge in [0.05, 0.1) is 0 Å². The monoisotopic (exact) mass is 146 g/mol. The molecule has 0 heterocycles. The minimum absolute atomic E-state index is 0.433. The highest BCUT2D eigenvalue weighted by atomic mass is 16.7. The van der Waals surface area contributed by atoms with Crippen molar-refractivity contribution in [1.29, 1.82) is 0 Å². The molecule has 0 amide bonds. The molecule has 3 N–H and O–H groups in total. The van der Waals surface area contributed by atoms with Crippen LogP contribution in [0.2, 0.25) is 0 Å². The van der Waals surface area contributed by atoms with Gasteiger partial charge in [-0.2, -0.15) is 5.90 Å². The van der Waals surface area contributed by atoms with Crippen LogP contribution in [-0.4, -0.2) is 18.6 Å². The Morgan fingerprint density at radius 3 is 2.40 bits per heavy atom. The van der Waals surface area contributed by atoms with Crippen LogP contribution < -0.4 is 11.2 Å². The maximum atomic E-state index is 10.9. The topological polar surface area (TPSA) is 64.3 Å². The van der Waals surface area contributed by atoms with Crippen molar-refractivity contribution >= 4 is 5.97 Å². The van der Waals surface area contributed by atoms with E-state index >= 15 is 0 Å². The molecule has 0 saturated heterocycles. The Bertz CT molecular complexity index is 121. The summed E-state index contributed by atoms with van der Waals surface area (Å²) in [4.78, 5) is 15.0. The van der Waals surface area contributed by atoms with E-state index in [1.165, 1.54) is 0 Å². The second-order valence-corrected chi connectivity index (χ2v) is 2.34. The molecule has 4 heteroatoms. The molecule has 0 aromatic carbocycles. The van der Waals surface area contributed by atoms with Crippen molar-refractivity contribution < 1.29 is 9.63 Å². The van der Waals surface area contributed by atoms with E-state index in [1.54, 1.807) is 14.0 Å². The average molecular weight is 146 g/mol. The van der Waals surface area contributed by atoms with E-state index in [4.69, 9.17) is 5.90 Å². The molecule has 0 aliphatic heterocycles. The van der Waals surface area contributed by atoms with E-state index in [9.17, 15) is 4.79 Å². The number of carbonyl (C=O) groups is 1. The van der Waals surface area contributed by atoms with Crippen molar-refractivity contribution in [2.75, 3.05) is 7.05 Å². The van der Waals surface area contributed by atoms with E-state index in [1.807, 2.05) is 6.92 Å². The van der Waals surface area contributed by atoms with Gasteiger partial charge < -0.3 is 10.2 Å². The maximum absolute atomic E-state index is 10.9. The van der Waals surface area contributed by atoms with Crippen molar-refractivity contribution in [3.63, 3.8) is 0 Å². The smallest absolute Gasteiger partial charge is 0.344 e. The summed E-state index contributed by atoms with van der Waals surface area (Å²) in [5, 5.41) is 2.82. The molecule has 4 nitrogen and oxygen atoms in total. The van der Waals surface area contributed by atoms with Gasteiger partial charge in [-0.05, 0) is 20.4 Å². The number of nitrogens with one attached hydrogen (secondary N) is 1. The van der Waals surface area contributed by atoms with E-state index < -0.39 is 11.5 Å². The molecule has 0 saturated carbocycles. The van der Waals surface area contributed by atoms with E-state index in [0.717, 1.165) is 0 Å². The Morgan fingerprint density at radius 1 is 1.80 bits per heavy atom. The fourth-order valence-electron chi connectivity index (χ4n) is 0.553. The van der Waals surface area contributed by atoms with Gasteiger partial charge >= 0.3 is 5.97 Å². The van der Waals surface area contributed by atoms with Crippen LogP contribution in [-0.2, 0) is 9.63 Å². The van der Waals surface area contributed by atoms with Crippen molar-refractivity contribution in [3.8, 4) is 0 Å². The van der Waals surface area contributed by atoms with Crippen LogP contribution in [0.5, 0.6) is 0 Å². The first kappa shape index (κ1) is 9.39. The summed E-state index contributed by atoms with van der Waals surface area (Å²) in [6.45, 7) is 3.62. The Kier molecular flexibility index (Phi) is 3.32. The molecule has 0 spiro atoms. The minimum Gasteiger partial charge on any atom is -0.372 e. The highest BCUT2D eigenvalue weighted by molar-refractivity contribution is 5.79. The van der Waals surface area contributed by atoms with Gasteiger partial charge in [-0.3, -0.25) is 0 Å². The number of hydrogen-bond acceptors (Lipinski definition) is 4. The Labute approximate surface area is 60.7 Å². The number of hydrogen-bond donors (Lipinski definition) is 2. The zero-order valence-electron chi connectivity index (χ0n) is 6.60. The van der Waals surface area contributed by atoms with Gasteiger partial charge in [-0.1, -0.05) is 6.92 Å². The standard InChI is InChI=1S/C6H14N2O2/c1-4-6(2,8-3)5(9)10-7/h8H,4,7H2,1-3H3. The minimum atomic E-state index is -0.644. The summed E-state index contributed by atoms with van der Waals surface area (Å²) in [6, 6.07) is 0. The molecule has 0 aromatic heterocycles. The summed E-state index contributed by atoms with van der Waals surface area (Å²) in [6.07, 6.45) is 0.652. The molecule has 1 unspecified atom stereocenters. The molecule has 1 atom stereocenters. The third-order valence-corrected chi connectivity index (χ3v) is 1.82. The summed E-state index contributed by atoms with van der Waals surface area (Å²) in [5.41, 5.74) is -0.644. The Hall–Kier alpha value is -0.610. The van der Waals surface area contributed by atoms with Crippen LogP contribution in [0, 0.1) is 0 Å². The molecular formula is C6H14N2O2. The molecular weight excluding hydrogens is 132 g/mol. The predicted octanol–water partition coefficient (Wildman–Crippen LogP) is -0.209. The van der Waals surface area contributed by atoms with Gasteiger partial charge in [0, 0.05) is 0 Å². The normalized spacial score (nSPS) is 16.0. The van der Waals surface area contributed by atoms with Gasteiger partial charge in [0.1, 0.15) is 5.54 Å². The second-order valence-electron chi connectivity index (χ2n) is 2.34. The molecule has 0 fully saturated rings. The van der Waals surface area contributed by atoms with E-state index in [0.29, 0.717) is 6.42 Å². The fraction of sp³-hybridized carbons (Fsp3) is 0.833. The number of carbonyl (C=O) groups excluding carboxylic acids is 1. The van der Waals surface area contributed by atoms with Crippen molar-refractivity contribution in [2.45, 2.75) is 25.8 Å². The SMILES string of the molecule is CCC(C)(NC)C(=O)ON. The molecule has 0 rings (SSSR count). The summed E-state index contributed by atoms with van der Waals surface area (Å²) < 4.78 is 0. The highest BCUT2D eigenvalue weighted by Gasteiger charge is 2.30. The number of likely N-dealkylation sites (N-methyl/N-ethyl adjacent to an activating group) is 1. The highest BCUT2D eigenvalue weighted by Crippen LogP contribution is 2.08. The maximum Gasteiger partial charge on any atom is 0.344 e. The zero-order valence-corrected chi connectivity index (χ0v) is 6.60. The van der Waals surface area contributed by atoms with Gasteiger partial charge in [0.2, 0.25) is 0 Å². The lowest BCUT2D eigenvalue weighted by molar-refractivity contribution is -0.151. The zero-order chi connectivity index (χ0) is 8.20. The van der Waals surface area contributed by atoms with Gasteiger partial charge in [0.25, 0.3) is 0 Å². The van der Waals surface area contributed by atoms with Crippen LogP contribution in [0.4, 0.5) is 0 Å². The van der Waals surface area contributed by atoms with Gasteiger partial charge in [0.15, 0.2) is 0 Å². The van der Waals surface area contributed by atoms with Gasteiger partial charge in [-0.25, -0.2) is 4.79 Å². The van der Waals surface area contributed by atoms with Crippen molar-refractivity contribution in [3.05, 3.63) is 0 Å². The third kappa shape index (κ3) is 1.68. The fourth-order valence-corrected chi connectivity index (χ4v) is 0.553. The first-order valence-corrected chi connectivity index (χ1v) is 3.20. The quantitative estimate of drug-likeness (QED) is 0.541. The summed E-state index contributed by atoms with van der Waals surface area (Å²) in [7, 11) is 1.69. The third-order valence-electron chi connectivity index (χ3n) is 1.82. The Balaban J connectivity index is 4.17. The number of nitrogens with two attached hydrogens (primary N) is 1. The summed E-state index contributed by atoms with van der Waals surface area (Å²) >= 11 is 0. The largest absolute Gasteiger partial charge is 0.372 e. The molecule has 0 radical (unpaired) electrons. The van der Waals surface area contributed by atoms with Crippen LogP contribution >= 0.6 is 0 Å². The van der Waals surface area contributed by atoms with Crippen LogP contribution in [0.3, 0.4) is 0 Å². The predicted molar refractivity (Wildman–Crippen MR) is 38.0 cm³/mol. The molecule has 0 aliphatic rings. The van der Waals surface area contributed by atoms with Crippen LogP contribution in [0.1, 0.15) is 20.3 Å². The molecule has 0 bridgehead atoms. The second kappa shape index (κ2) is 3.53.